The lowest BCUT2D eigenvalue weighted by Crippen LogP contribution is -2.40. The topological polar surface area (TPSA) is 105 Å². The van der Waals surface area contributed by atoms with E-state index in [1.165, 1.54) is 68.7 Å². The van der Waals surface area contributed by atoms with E-state index in [0.717, 1.165) is 44.2 Å². The zero-order chi connectivity index (χ0) is 30.8. The normalized spacial score (nSPS) is 22.1. The Morgan fingerprint density at radius 2 is 1.82 bits per heavy atom. The Balaban J connectivity index is 0.949. The smallest absolute Gasteiger partial charge is 0.284 e. The second kappa shape index (κ2) is 13.3. The highest BCUT2D eigenvalue weighted by Crippen LogP contribution is 2.46. The van der Waals surface area contributed by atoms with Gasteiger partial charge in [0.15, 0.2) is 11.3 Å². The van der Waals surface area contributed by atoms with Crippen LogP contribution in [-0.2, 0) is 4.74 Å². The largest absolute Gasteiger partial charge is 0.378 e. The van der Waals surface area contributed by atoms with E-state index in [2.05, 4.69) is 35.6 Å². The summed E-state index contributed by atoms with van der Waals surface area (Å²) in [6, 6.07) is 1.87. The monoisotopic (exact) mass is 625 g/mol. The number of alkyl halides is 2. The number of anilines is 2. The van der Waals surface area contributed by atoms with Crippen molar-refractivity contribution in [2.45, 2.75) is 70.3 Å². The number of nitrogens with zero attached hydrogens (tertiary/aromatic N) is 7. The number of carbonyl (C=O) groups is 1. The van der Waals surface area contributed by atoms with Crippen LogP contribution in [0.15, 0.2) is 24.7 Å². The summed E-state index contributed by atoms with van der Waals surface area (Å²) in [5.74, 6) is 1.00. The van der Waals surface area contributed by atoms with Gasteiger partial charge in [-0.05, 0) is 94.8 Å². The van der Waals surface area contributed by atoms with Crippen LogP contribution in [0.2, 0.25) is 0 Å². The molecular weight excluding hydrogens is 580 g/mol. The third kappa shape index (κ3) is 6.71. The van der Waals surface area contributed by atoms with Gasteiger partial charge >= 0.3 is 0 Å². The lowest BCUT2D eigenvalue weighted by atomic mass is 9.65. The molecule has 244 valence electrons. The zero-order valence-corrected chi connectivity index (χ0v) is 26.0. The number of ether oxygens (including phenoxy) is 1. The van der Waals surface area contributed by atoms with E-state index in [0.29, 0.717) is 37.4 Å². The molecule has 4 fully saturated rings. The summed E-state index contributed by atoms with van der Waals surface area (Å²) < 4.78 is 36.8. The summed E-state index contributed by atoms with van der Waals surface area (Å²) in [4.78, 5) is 22.6. The molecule has 13 heteroatoms. The van der Waals surface area contributed by atoms with Crippen LogP contribution in [0.5, 0.6) is 0 Å². The summed E-state index contributed by atoms with van der Waals surface area (Å²) in [7, 11) is 0. The Morgan fingerprint density at radius 1 is 1.07 bits per heavy atom. The van der Waals surface area contributed by atoms with Crippen LogP contribution < -0.4 is 15.5 Å². The minimum Gasteiger partial charge on any atom is -0.378 e. The minimum atomic E-state index is -2.81. The van der Waals surface area contributed by atoms with E-state index in [-0.39, 0.29) is 17.3 Å². The van der Waals surface area contributed by atoms with Crippen LogP contribution in [0.3, 0.4) is 0 Å². The van der Waals surface area contributed by atoms with Crippen molar-refractivity contribution in [3.63, 3.8) is 0 Å². The van der Waals surface area contributed by atoms with E-state index >= 15 is 0 Å². The highest BCUT2D eigenvalue weighted by molar-refractivity contribution is 6.08. The number of morpholine rings is 1. The number of amides is 1. The molecule has 3 aromatic heterocycles. The Hall–Kier alpha value is -3.16. The highest BCUT2D eigenvalue weighted by atomic mass is 19.3. The number of nitrogens with one attached hydrogen (secondary N) is 2. The fraction of sp³-hybridized carbons (Fsp3) is 0.688. The summed E-state index contributed by atoms with van der Waals surface area (Å²) in [5.41, 5.74) is 0.817. The molecule has 2 N–H and O–H groups in total. The number of likely N-dealkylation sites (tertiary alicyclic amines) is 1. The van der Waals surface area contributed by atoms with Gasteiger partial charge in [0.05, 0.1) is 31.1 Å². The summed E-state index contributed by atoms with van der Waals surface area (Å²) in [5, 5.41) is 14.7. The number of hydrogen-bond donors (Lipinski definition) is 2. The second-order valence-corrected chi connectivity index (χ2v) is 13.4. The lowest BCUT2D eigenvalue weighted by Gasteiger charge is -2.43. The van der Waals surface area contributed by atoms with Crippen molar-refractivity contribution in [2.75, 3.05) is 69.2 Å². The van der Waals surface area contributed by atoms with E-state index in [9.17, 15) is 13.6 Å². The first-order valence-corrected chi connectivity index (χ1v) is 16.8. The van der Waals surface area contributed by atoms with Gasteiger partial charge in [-0.25, -0.2) is 18.3 Å². The number of rotatable bonds is 8. The molecule has 1 aliphatic carbocycles. The summed E-state index contributed by atoms with van der Waals surface area (Å²) in [6.07, 6.45) is 13.0. The second-order valence-electron chi connectivity index (χ2n) is 13.4. The molecule has 1 amide bonds. The molecule has 0 radical (unpaired) electrons. The SMILES string of the molecule is O=C(Nc1cn(C2CCN(CCC3CCC4(CCNCC4)CC3)CC2)nc1C(F)F)c1cnn2ccc(N3CCOCC3)nc12. The summed E-state index contributed by atoms with van der Waals surface area (Å²) in [6.45, 7) is 7.95. The Labute approximate surface area is 262 Å². The standard InChI is InChI=1S/C32H45F2N9O2/c33-29(34)28-26(37-31(44)25-21-36-42-16-6-27(38-30(25)42)41-17-19-45-20-18-41)22-43(39-28)24-4-14-40(15-5-24)13-3-23-1-7-32(8-2-23)9-11-35-12-10-32/h6,16,21-24,29,35H,1-5,7-15,17-20H2,(H,37,44). The number of carbonyl (C=O) groups excluding carboxylic acids is 1. The van der Waals surface area contributed by atoms with Crippen molar-refractivity contribution in [1.29, 1.82) is 0 Å². The van der Waals surface area contributed by atoms with Crippen LogP contribution in [0.4, 0.5) is 20.3 Å². The van der Waals surface area contributed by atoms with Gasteiger partial charge in [-0.3, -0.25) is 9.48 Å². The van der Waals surface area contributed by atoms with Gasteiger partial charge in [0, 0.05) is 38.6 Å². The van der Waals surface area contributed by atoms with Gasteiger partial charge in [0.2, 0.25) is 0 Å². The lowest BCUT2D eigenvalue weighted by molar-refractivity contribution is 0.0932. The van der Waals surface area contributed by atoms with Crippen molar-refractivity contribution in [3.05, 3.63) is 35.9 Å². The van der Waals surface area contributed by atoms with Gasteiger partial charge in [0.1, 0.15) is 11.4 Å². The number of piperidine rings is 2. The van der Waals surface area contributed by atoms with Crippen LogP contribution in [0.1, 0.15) is 86.3 Å². The molecule has 0 unspecified atom stereocenters. The van der Waals surface area contributed by atoms with Crippen LogP contribution in [0, 0.1) is 11.3 Å². The number of aromatic nitrogens is 5. The van der Waals surface area contributed by atoms with Gasteiger partial charge in [0.25, 0.3) is 12.3 Å². The zero-order valence-electron chi connectivity index (χ0n) is 26.0. The first-order chi connectivity index (χ1) is 22.0. The molecule has 3 aromatic rings. The molecule has 1 saturated carbocycles. The van der Waals surface area contributed by atoms with Gasteiger partial charge in [-0.15, -0.1) is 0 Å². The Morgan fingerprint density at radius 3 is 2.56 bits per heavy atom. The molecule has 0 atom stereocenters. The molecule has 7 rings (SSSR count). The van der Waals surface area contributed by atoms with Crippen molar-refractivity contribution in [1.82, 2.24) is 34.6 Å². The van der Waals surface area contributed by atoms with E-state index in [4.69, 9.17) is 4.74 Å². The molecule has 45 heavy (non-hydrogen) atoms. The fourth-order valence-electron chi connectivity index (χ4n) is 7.84. The van der Waals surface area contributed by atoms with E-state index in [1.807, 2.05) is 6.07 Å². The third-order valence-electron chi connectivity index (χ3n) is 10.8. The molecule has 3 aliphatic heterocycles. The van der Waals surface area contributed by atoms with Gasteiger partial charge in [-0.1, -0.05) is 0 Å². The fourth-order valence-corrected chi connectivity index (χ4v) is 7.84. The Bertz CT molecular complexity index is 1450. The molecule has 4 aliphatic rings. The van der Waals surface area contributed by atoms with E-state index in [1.54, 1.807) is 17.1 Å². The first kappa shape index (κ1) is 30.5. The Kier molecular flexibility index (Phi) is 9.01. The maximum absolute atomic E-state index is 14.1. The molecular formula is C32H45F2N9O2. The van der Waals surface area contributed by atoms with Gasteiger partial charge < -0.3 is 25.2 Å². The maximum Gasteiger partial charge on any atom is 0.284 e. The maximum atomic E-state index is 14.1. The quantitative estimate of drug-likeness (QED) is 0.376. The van der Waals surface area contributed by atoms with Crippen molar-refractivity contribution >= 4 is 23.1 Å². The summed E-state index contributed by atoms with van der Waals surface area (Å²) >= 11 is 0. The number of fused-ring (bicyclic) bond motifs is 1. The minimum absolute atomic E-state index is 0.0218. The molecule has 1 spiro atoms. The average Bonchev–Trinajstić information content (AvgIpc) is 3.70. The molecule has 6 heterocycles. The van der Waals surface area contributed by atoms with Crippen molar-refractivity contribution in [2.24, 2.45) is 11.3 Å². The van der Waals surface area contributed by atoms with E-state index < -0.39 is 18.0 Å². The predicted octanol–water partition coefficient (Wildman–Crippen LogP) is 4.54. The van der Waals surface area contributed by atoms with Gasteiger partial charge in [-0.2, -0.15) is 10.2 Å². The molecule has 0 aromatic carbocycles. The number of halogens is 2. The molecule has 0 bridgehead atoms. The predicted molar refractivity (Wildman–Crippen MR) is 167 cm³/mol. The van der Waals surface area contributed by atoms with Crippen LogP contribution in [-0.4, -0.2) is 94.2 Å². The van der Waals surface area contributed by atoms with Crippen molar-refractivity contribution < 1.29 is 18.3 Å². The first-order valence-electron chi connectivity index (χ1n) is 16.8. The number of hydrogen-bond acceptors (Lipinski definition) is 8. The highest BCUT2D eigenvalue weighted by Gasteiger charge is 2.36. The van der Waals surface area contributed by atoms with Crippen LogP contribution >= 0.6 is 0 Å². The molecule has 3 saturated heterocycles. The average molecular weight is 626 g/mol. The third-order valence-corrected chi connectivity index (χ3v) is 10.8. The van der Waals surface area contributed by atoms with Crippen LogP contribution in [0.25, 0.3) is 5.65 Å². The molecule has 11 nitrogen and oxygen atoms in total. The van der Waals surface area contributed by atoms with Crippen molar-refractivity contribution in [3.8, 4) is 0 Å².